The van der Waals surface area contributed by atoms with Gasteiger partial charge in [-0.25, -0.2) is 5.43 Å². The molecule has 0 fully saturated rings. The van der Waals surface area contributed by atoms with Crippen LogP contribution in [0.1, 0.15) is 35.1 Å². The van der Waals surface area contributed by atoms with Gasteiger partial charge in [0.25, 0.3) is 0 Å². The second-order valence-corrected chi connectivity index (χ2v) is 6.98. The van der Waals surface area contributed by atoms with E-state index in [9.17, 15) is 4.79 Å². The molecule has 1 amide bonds. The number of hydrogen-bond donors (Lipinski definition) is 1. The monoisotopic (exact) mass is 392 g/mol. The summed E-state index contributed by atoms with van der Waals surface area (Å²) in [5.41, 5.74) is 7.05. The number of halogens is 2. The third-order valence-corrected chi connectivity index (χ3v) is 4.35. The number of hydrogen-bond acceptors (Lipinski definition) is 3. The first-order valence-corrected chi connectivity index (χ1v) is 9.10. The van der Waals surface area contributed by atoms with Gasteiger partial charge in [-0.3, -0.25) is 4.79 Å². The SMILES string of the molecule is Cc1cc(C)c(C=NNC(=O)CCCOc2ccc(Cl)cc2Cl)c(C)c1. The molecule has 0 saturated heterocycles. The highest BCUT2D eigenvalue weighted by Crippen LogP contribution is 2.27. The molecule has 0 radical (unpaired) electrons. The van der Waals surface area contributed by atoms with Gasteiger partial charge in [0, 0.05) is 17.0 Å². The zero-order valence-electron chi connectivity index (χ0n) is 15.1. The van der Waals surface area contributed by atoms with Gasteiger partial charge < -0.3 is 4.74 Å². The fraction of sp³-hybridized carbons (Fsp3) is 0.300. The Morgan fingerprint density at radius 3 is 2.50 bits per heavy atom. The zero-order chi connectivity index (χ0) is 19.1. The zero-order valence-corrected chi connectivity index (χ0v) is 16.6. The van der Waals surface area contributed by atoms with Crippen LogP contribution in [0.3, 0.4) is 0 Å². The van der Waals surface area contributed by atoms with Crippen LogP contribution in [0.5, 0.6) is 5.75 Å². The number of amides is 1. The smallest absolute Gasteiger partial charge is 0.240 e. The van der Waals surface area contributed by atoms with Crippen molar-refractivity contribution in [1.82, 2.24) is 5.43 Å². The Morgan fingerprint density at radius 1 is 1.15 bits per heavy atom. The molecular weight excluding hydrogens is 371 g/mol. The Labute approximate surface area is 164 Å². The van der Waals surface area contributed by atoms with Gasteiger partial charge in [0.2, 0.25) is 5.91 Å². The van der Waals surface area contributed by atoms with Gasteiger partial charge in [-0.15, -0.1) is 0 Å². The molecule has 0 spiro atoms. The molecule has 0 atom stereocenters. The number of nitrogens with one attached hydrogen (secondary N) is 1. The van der Waals surface area contributed by atoms with E-state index < -0.39 is 0 Å². The summed E-state index contributed by atoms with van der Waals surface area (Å²) in [6.45, 7) is 6.50. The van der Waals surface area contributed by atoms with E-state index in [1.165, 1.54) is 5.56 Å². The van der Waals surface area contributed by atoms with Gasteiger partial charge in [0.1, 0.15) is 5.75 Å². The number of carbonyl (C=O) groups is 1. The van der Waals surface area contributed by atoms with E-state index in [-0.39, 0.29) is 5.91 Å². The van der Waals surface area contributed by atoms with Crippen LogP contribution in [0.4, 0.5) is 0 Å². The van der Waals surface area contributed by atoms with E-state index in [1.807, 2.05) is 13.8 Å². The third-order valence-electron chi connectivity index (χ3n) is 3.82. The Hall–Kier alpha value is -2.04. The molecule has 6 heteroatoms. The highest BCUT2D eigenvalue weighted by molar-refractivity contribution is 6.35. The third kappa shape index (κ3) is 6.04. The first-order chi connectivity index (χ1) is 12.4. The number of carbonyl (C=O) groups excluding carboxylic acids is 1. The molecule has 4 nitrogen and oxygen atoms in total. The number of benzene rings is 2. The van der Waals surface area contributed by atoms with Gasteiger partial charge in [-0.05, 0) is 56.5 Å². The van der Waals surface area contributed by atoms with Crippen molar-refractivity contribution in [3.8, 4) is 5.75 Å². The predicted molar refractivity (Wildman–Crippen MR) is 108 cm³/mol. The minimum atomic E-state index is -0.158. The van der Waals surface area contributed by atoms with Crippen molar-refractivity contribution in [2.45, 2.75) is 33.6 Å². The topological polar surface area (TPSA) is 50.7 Å². The average Bonchev–Trinajstić information content (AvgIpc) is 2.55. The van der Waals surface area contributed by atoms with Crippen LogP contribution in [-0.2, 0) is 4.79 Å². The molecule has 2 rings (SSSR count). The molecule has 0 aromatic heterocycles. The van der Waals surface area contributed by atoms with Crippen molar-refractivity contribution in [1.29, 1.82) is 0 Å². The lowest BCUT2D eigenvalue weighted by Crippen LogP contribution is -2.18. The van der Waals surface area contributed by atoms with E-state index in [1.54, 1.807) is 24.4 Å². The van der Waals surface area contributed by atoms with Gasteiger partial charge in [0.15, 0.2) is 0 Å². The number of aryl methyl sites for hydroxylation is 3. The highest BCUT2D eigenvalue weighted by Gasteiger charge is 2.05. The molecule has 1 N–H and O–H groups in total. The summed E-state index contributed by atoms with van der Waals surface area (Å²) in [5, 5.41) is 5.06. The summed E-state index contributed by atoms with van der Waals surface area (Å²) in [7, 11) is 0. The van der Waals surface area contributed by atoms with Gasteiger partial charge in [0.05, 0.1) is 17.8 Å². The highest BCUT2D eigenvalue weighted by atomic mass is 35.5. The van der Waals surface area contributed by atoms with Crippen molar-refractivity contribution in [2.75, 3.05) is 6.61 Å². The summed E-state index contributed by atoms with van der Waals surface area (Å²) in [6.07, 6.45) is 2.56. The predicted octanol–water partition coefficient (Wildman–Crippen LogP) is 5.23. The first kappa shape index (κ1) is 20.3. The molecule has 2 aromatic rings. The number of nitrogens with zero attached hydrogens (tertiary/aromatic N) is 1. The van der Waals surface area contributed by atoms with E-state index in [0.29, 0.717) is 35.2 Å². The van der Waals surface area contributed by atoms with Crippen molar-refractivity contribution in [3.05, 3.63) is 62.6 Å². The maximum absolute atomic E-state index is 11.9. The molecule has 2 aromatic carbocycles. The Balaban J connectivity index is 1.75. The van der Waals surface area contributed by atoms with Crippen LogP contribution in [0.2, 0.25) is 10.0 Å². The number of hydrazone groups is 1. The second kappa shape index (κ2) is 9.60. The Kier molecular flexibility index (Phi) is 7.49. The molecule has 0 saturated carbocycles. The molecule has 0 aliphatic carbocycles. The standard InChI is InChI=1S/C20H22Cl2N2O2/c1-13-9-14(2)17(15(3)10-13)12-23-24-20(25)5-4-8-26-19-7-6-16(21)11-18(19)22/h6-7,9-12H,4-5,8H2,1-3H3,(H,24,25). The molecule has 0 aliphatic rings. The van der Waals surface area contributed by atoms with Gasteiger partial charge in [-0.2, -0.15) is 5.10 Å². The Morgan fingerprint density at radius 2 is 1.85 bits per heavy atom. The van der Waals surface area contributed by atoms with Crippen molar-refractivity contribution in [2.24, 2.45) is 5.10 Å². The molecule has 0 heterocycles. The fourth-order valence-electron chi connectivity index (χ4n) is 2.63. The maximum atomic E-state index is 11.9. The lowest BCUT2D eigenvalue weighted by molar-refractivity contribution is -0.121. The largest absolute Gasteiger partial charge is 0.492 e. The normalized spacial score (nSPS) is 11.0. The Bertz CT molecular complexity index is 796. The van der Waals surface area contributed by atoms with Gasteiger partial charge >= 0.3 is 0 Å². The van der Waals surface area contributed by atoms with Crippen LogP contribution in [0.25, 0.3) is 0 Å². The summed E-state index contributed by atoms with van der Waals surface area (Å²) in [4.78, 5) is 11.9. The lowest BCUT2D eigenvalue weighted by atomic mass is 10.0. The van der Waals surface area contributed by atoms with E-state index in [0.717, 1.165) is 16.7 Å². The molecule has 26 heavy (non-hydrogen) atoms. The van der Waals surface area contributed by atoms with Crippen LogP contribution >= 0.6 is 23.2 Å². The van der Waals surface area contributed by atoms with Crippen molar-refractivity contribution in [3.63, 3.8) is 0 Å². The average molecular weight is 393 g/mol. The molecule has 0 unspecified atom stereocenters. The van der Waals surface area contributed by atoms with Crippen LogP contribution in [-0.4, -0.2) is 18.7 Å². The van der Waals surface area contributed by atoms with E-state index in [2.05, 4.69) is 29.6 Å². The van der Waals surface area contributed by atoms with E-state index in [4.69, 9.17) is 27.9 Å². The van der Waals surface area contributed by atoms with Crippen molar-refractivity contribution >= 4 is 35.3 Å². The van der Waals surface area contributed by atoms with Crippen LogP contribution in [0, 0.1) is 20.8 Å². The summed E-state index contributed by atoms with van der Waals surface area (Å²) in [6, 6.07) is 9.22. The summed E-state index contributed by atoms with van der Waals surface area (Å²) in [5.74, 6) is 0.397. The van der Waals surface area contributed by atoms with Gasteiger partial charge in [-0.1, -0.05) is 40.9 Å². The van der Waals surface area contributed by atoms with Crippen molar-refractivity contribution < 1.29 is 9.53 Å². The number of rotatable bonds is 7. The maximum Gasteiger partial charge on any atom is 0.240 e. The second-order valence-electron chi connectivity index (χ2n) is 6.13. The quantitative estimate of drug-likeness (QED) is 0.398. The number of ether oxygens (including phenoxy) is 1. The van der Waals surface area contributed by atoms with Crippen LogP contribution in [0.15, 0.2) is 35.4 Å². The summed E-state index contributed by atoms with van der Waals surface area (Å²) < 4.78 is 5.55. The molecular formula is C20H22Cl2N2O2. The molecule has 138 valence electrons. The molecule has 0 aliphatic heterocycles. The minimum absolute atomic E-state index is 0.158. The minimum Gasteiger partial charge on any atom is -0.492 e. The lowest BCUT2D eigenvalue weighted by Gasteiger charge is -2.08. The summed E-state index contributed by atoms with van der Waals surface area (Å²) >= 11 is 11.9. The fourth-order valence-corrected chi connectivity index (χ4v) is 3.09. The van der Waals surface area contributed by atoms with Crippen LogP contribution < -0.4 is 10.2 Å². The first-order valence-electron chi connectivity index (χ1n) is 8.34. The molecule has 0 bridgehead atoms. The van der Waals surface area contributed by atoms with E-state index >= 15 is 0 Å².